The second kappa shape index (κ2) is 10.0. The molecule has 2 N–H and O–H groups in total. The Labute approximate surface area is 156 Å². The van der Waals surface area contributed by atoms with E-state index >= 15 is 0 Å². The molecule has 0 radical (unpaired) electrons. The van der Waals surface area contributed by atoms with Crippen LogP contribution in [0, 0.1) is 5.92 Å². The summed E-state index contributed by atoms with van der Waals surface area (Å²) < 4.78 is 31.9. The molecule has 1 aliphatic rings. The van der Waals surface area contributed by atoms with Gasteiger partial charge in [-0.25, -0.2) is 13.1 Å². The Hall–Kier alpha value is -1.48. The van der Waals surface area contributed by atoms with Crippen LogP contribution in [0.15, 0.2) is 29.2 Å². The van der Waals surface area contributed by atoms with E-state index in [0.717, 1.165) is 25.9 Å². The first-order valence-corrected chi connectivity index (χ1v) is 10.5. The van der Waals surface area contributed by atoms with Gasteiger partial charge >= 0.3 is 0 Å². The second-order valence-electron chi connectivity index (χ2n) is 6.46. The van der Waals surface area contributed by atoms with Crippen molar-refractivity contribution in [1.29, 1.82) is 0 Å². The van der Waals surface area contributed by atoms with Crippen LogP contribution in [0.1, 0.15) is 30.1 Å². The summed E-state index contributed by atoms with van der Waals surface area (Å²) in [6, 6.07) is 6.22. The van der Waals surface area contributed by atoms with Crippen LogP contribution >= 0.6 is 0 Å². The fourth-order valence-electron chi connectivity index (χ4n) is 3.03. The van der Waals surface area contributed by atoms with Crippen LogP contribution in [0.3, 0.4) is 0 Å². The SMILES string of the molecule is CCNCC1CCN(C(=O)c2cccc(S(=O)(=O)NCCOC)c2)CC1. The Morgan fingerprint density at radius 2 is 2.04 bits per heavy atom. The number of likely N-dealkylation sites (tertiary alicyclic amines) is 1. The fraction of sp³-hybridized carbons (Fsp3) is 0.611. The number of amides is 1. The highest BCUT2D eigenvalue weighted by Gasteiger charge is 2.24. The highest BCUT2D eigenvalue weighted by Crippen LogP contribution is 2.20. The van der Waals surface area contributed by atoms with Gasteiger partial charge in [-0.1, -0.05) is 13.0 Å². The predicted octanol–water partition coefficient (Wildman–Crippen LogP) is 1.07. The van der Waals surface area contributed by atoms with Crippen LogP contribution in [-0.4, -0.2) is 65.7 Å². The standard InChI is InChI=1S/C18H29N3O4S/c1-3-19-14-15-7-10-21(11-8-15)18(22)16-5-4-6-17(13-16)26(23,24)20-9-12-25-2/h4-6,13,15,19-20H,3,7-12,14H2,1-2H3. The van der Waals surface area contributed by atoms with Gasteiger partial charge in [0, 0.05) is 32.3 Å². The van der Waals surface area contributed by atoms with Gasteiger partial charge in [-0.2, -0.15) is 0 Å². The van der Waals surface area contributed by atoms with Gasteiger partial charge in [0.15, 0.2) is 0 Å². The van der Waals surface area contributed by atoms with Gasteiger partial charge in [-0.05, 0) is 50.0 Å². The van der Waals surface area contributed by atoms with E-state index in [0.29, 0.717) is 31.2 Å². The summed E-state index contributed by atoms with van der Waals surface area (Å²) in [5.74, 6) is 0.483. The number of methoxy groups -OCH3 is 1. The molecule has 1 fully saturated rings. The van der Waals surface area contributed by atoms with Gasteiger partial charge in [0.1, 0.15) is 0 Å². The Morgan fingerprint density at radius 1 is 1.31 bits per heavy atom. The van der Waals surface area contributed by atoms with Gasteiger partial charge in [-0.15, -0.1) is 0 Å². The average Bonchev–Trinajstić information content (AvgIpc) is 2.66. The second-order valence-corrected chi connectivity index (χ2v) is 8.23. The lowest BCUT2D eigenvalue weighted by Gasteiger charge is -2.32. The molecule has 0 aromatic heterocycles. The third-order valence-electron chi connectivity index (χ3n) is 4.57. The lowest BCUT2D eigenvalue weighted by Crippen LogP contribution is -2.40. The van der Waals surface area contributed by atoms with Crippen molar-refractivity contribution in [3.05, 3.63) is 29.8 Å². The number of sulfonamides is 1. The van der Waals surface area contributed by atoms with Gasteiger partial charge in [0.25, 0.3) is 5.91 Å². The summed E-state index contributed by atoms with van der Waals surface area (Å²) in [5.41, 5.74) is 0.407. The van der Waals surface area contributed by atoms with Crippen LogP contribution < -0.4 is 10.0 Å². The van der Waals surface area contributed by atoms with E-state index in [1.54, 1.807) is 12.1 Å². The van der Waals surface area contributed by atoms with Crippen molar-refractivity contribution in [2.24, 2.45) is 5.92 Å². The lowest BCUT2D eigenvalue weighted by atomic mass is 9.96. The molecule has 8 heteroatoms. The molecule has 26 heavy (non-hydrogen) atoms. The first-order valence-electron chi connectivity index (χ1n) is 9.06. The summed E-state index contributed by atoms with van der Waals surface area (Å²) >= 11 is 0. The first-order chi connectivity index (χ1) is 12.5. The topological polar surface area (TPSA) is 87.7 Å². The van der Waals surface area contributed by atoms with Crippen molar-refractivity contribution in [2.45, 2.75) is 24.7 Å². The molecule has 0 aliphatic carbocycles. The Bertz CT molecular complexity index is 685. The van der Waals surface area contributed by atoms with Crippen molar-refractivity contribution >= 4 is 15.9 Å². The minimum atomic E-state index is -3.65. The molecule has 0 saturated carbocycles. The maximum atomic E-state index is 12.7. The van der Waals surface area contributed by atoms with Crippen molar-refractivity contribution in [3.63, 3.8) is 0 Å². The molecule has 146 valence electrons. The van der Waals surface area contributed by atoms with E-state index in [1.165, 1.54) is 19.2 Å². The normalized spacial score (nSPS) is 16.0. The van der Waals surface area contributed by atoms with Gasteiger partial charge in [0.2, 0.25) is 10.0 Å². The molecule has 0 spiro atoms. The van der Waals surface area contributed by atoms with Crippen LogP contribution in [0.25, 0.3) is 0 Å². The highest BCUT2D eigenvalue weighted by atomic mass is 32.2. The van der Waals surface area contributed by atoms with Crippen LogP contribution in [-0.2, 0) is 14.8 Å². The highest BCUT2D eigenvalue weighted by molar-refractivity contribution is 7.89. The van der Waals surface area contributed by atoms with E-state index in [-0.39, 0.29) is 17.3 Å². The number of carbonyl (C=O) groups is 1. The van der Waals surface area contributed by atoms with Crippen molar-refractivity contribution in [3.8, 4) is 0 Å². The first kappa shape index (κ1) is 20.8. The Morgan fingerprint density at radius 3 is 2.69 bits per heavy atom. The molecule has 0 unspecified atom stereocenters. The molecule has 0 atom stereocenters. The predicted molar refractivity (Wildman–Crippen MR) is 101 cm³/mol. The van der Waals surface area contributed by atoms with E-state index in [9.17, 15) is 13.2 Å². The molecule has 1 aromatic carbocycles. The maximum absolute atomic E-state index is 12.7. The number of hydrogen-bond donors (Lipinski definition) is 2. The third kappa shape index (κ3) is 5.77. The molecule has 1 amide bonds. The van der Waals surface area contributed by atoms with Gasteiger partial charge in [-0.3, -0.25) is 4.79 Å². The van der Waals surface area contributed by atoms with E-state index in [4.69, 9.17) is 4.74 Å². The number of nitrogens with one attached hydrogen (secondary N) is 2. The molecule has 1 aromatic rings. The van der Waals surface area contributed by atoms with Crippen molar-refractivity contribution in [1.82, 2.24) is 14.9 Å². The van der Waals surface area contributed by atoms with Crippen LogP contribution in [0.2, 0.25) is 0 Å². The summed E-state index contributed by atoms with van der Waals surface area (Å²) in [7, 11) is -2.14. The third-order valence-corrected chi connectivity index (χ3v) is 6.03. The average molecular weight is 384 g/mol. The molecule has 1 aliphatic heterocycles. The number of benzene rings is 1. The van der Waals surface area contributed by atoms with Crippen molar-refractivity contribution in [2.75, 3.05) is 46.4 Å². The zero-order valence-corrected chi connectivity index (χ0v) is 16.3. The quantitative estimate of drug-likeness (QED) is 0.623. The molecule has 0 bridgehead atoms. The van der Waals surface area contributed by atoms with Gasteiger partial charge in [0.05, 0.1) is 11.5 Å². The fourth-order valence-corrected chi connectivity index (χ4v) is 4.09. The summed E-state index contributed by atoms with van der Waals surface area (Å²) in [5, 5.41) is 3.35. The zero-order chi connectivity index (χ0) is 19.0. The monoisotopic (exact) mass is 383 g/mol. The number of nitrogens with zero attached hydrogens (tertiary/aromatic N) is 1. The maximum Gasteiger partial charge on any atom is 0.253 e. The zero-order valence-electron chi connectivity index (χ0n) is 15.5. The minimum absolute atomic E-state index is 0.0986. The Kier molecular flexibility index (Phi) is 8.02. The Balaban J connectivity index is 2.00. The summed E-state index contributed by atoms with van der Waals surface area (Å²) in [6.45, 7) is 5.92. The number of ether oxygens (including phenoxy) is 1. The largest absolute Gasteiger partial charge is 0.383 e. The molecular weight excluding hydrogens is 354 g/mol. The summed E-state index contributed by atoms with van der Waals surface area (Å²) in [4.78, 5) is 14.6. The number of hydrogen-bond acceptors (Lipinski definition) is 5. The van der Waals surface area contributed by atoms with Crippen LogP contribution in [0.5, 0.6) is 0 Å². The van der Waals surface area contributed by atoms with Gasteiger partial charge < -0.3 is 15.0 Å². The summed E-state index contributed by atoms with van der Waals surface area (Å²) in [6.07, 6.45) is 1.94. The molecule has 2 rings (SSSR count). The van der Waals surface area contributed by atoms with Crippen molar-refractivity contribution < 1.29 is 17.9 Å². The molecule has 1 heterocycles. The lowest BCUT2D eigenvalue weighted by molar-refractivity contribution is 0.0690. The minimum Gasteiger partial charge on any atom is -0.383 e. The number of rotatable bonds is 9. The van der Waals surface area contributed by atoms with E-state index in [1.807, 2.05) is 4.90 Å². The van der Waals surface area contributed by atoms with Crippen LogP contribution in [0.4, 0.5) is 0 Å². The van der Waals surface area contributed by atoms with E-state index < -0.39 is 10.0 Å². The molecular formula is C18H29N3O4S. The molecule has 7 nitrogen and oxygen atoms in total. The number of piperidine rings is 1. The van der Waals surface area contributed by atoms with E-state index in [2.05, 4.69) is 17.0 Å². The smallest absolute Gasteiger partial charge is 0.253 e. The number of carbonyl (C=O) groups excluding carboxylic acids is 1. The molecule has 1 saturated heterocycles.